The second-order valence-corrected chi connectivity index (χ2v) is 5.63. The van der Waals surface area contributed by atoms with E-state index in [0.29, 0.717) is 23.6 Å². The summed E-state index contributed by atoms with van der Waals surface area (Å²) in [6.45, 7) is 3.80. The molecule has 1 aromatic carbocycles. The summed E-state index contributed by atoms with van der Waals surface area (Å²) < 4.78 is 0. The highest BCUT2D eigenvalue weighted by Gasteiger charge is 2.15. The van der Waals surface area contributed by atoms with Gasteiger partial charge in [-0.2, -0.15) is 0 Å². The SMILES string of the molecule is Cc1ccc(NC(=O)CCC2CCCNC2)cc1C(=O)O. The maximum Gasteiger partial charge on any atom is 0.336 e. The van der Waals surface area contributed by atoms with Crippen LogP contribution in [0.5, 0.6) is 0 Å². The zero-order valence-corrected chi connectivity index (χ0v) is 12.3. The van der Waals surface area contributed by atoms with Crippen molar-refractivity contribution in [3.63, 3.8) is 0 Å². The van der Waals surface area contributed by atoms with Gasteiger partial charge in [0.2, 0.25) is 5.91 Å². The number of carbonyl (C=O) groups excluding carboxylic acids is 1. The Kier molecular flexibility index (Phi) is 5.33. The fourth-order valence-corrected chi connectivity index (χ4v) is 2.66. The Hall–Kier alpha value is -1.88. The van der Waals surface area contributed by atoms with Crippen LogP contribution >= 0.6 is 0 Å². The lowest BCUT2D eigenvalue weighted by molar-refractivity contribution is -0.116. The molecule has 1 heterocycles. The van der Waals surface area contributed by atoms with Crippen LogP contribution in [0.2, 0.25) is 0 Å². The summed E-state index contributed by atoms with van der Waals surface area (Å²) in [5, 5.41) is 15.2. The Morgan fingerprint density at radius 3 is 2.90 bits per heavy atom. The first kappa shape index (κ1) is 15.5. The van der Waals surface area contributed by atoms with E-state index in [1.807, 2.05) is 0 Å². The number of amides is 1. The summed E-state index contributed by atoms with van der Waals surface area (Å²) in [5.74, 6) is -0.463. The van der Waals surface area contributed by atoms with Gasteiger partial charge in [0.25, 0.3) is 0 Å². The van der Waals surface area contributed by atoms with Gasteiger partial charge in [-0.05, 0) is 62.9 Å². The van der Waals surface area contributed by atoms with Crippen molar-refractivity contribution in [1.82, 2.24) is 5.32 Å². The van der Waals surface area contributed by atoms with E-state index >= 15 is 0 Å². The van der Waals surface area contributed by atoms with Crippen molar-refractivity contribution in [2.24, 2.45) is 5.92 Å². The third-order valence-corrected chi connectivity index (χ3v) is 3.93. The number of rotatable bonds is 5. The molecule has 2 rings (SSSR count). The maximum atomic E-state index is 11.9. The van der Waals surface area contributed by atoms with E-state index in [-0.39, 0.29) is 11.5 Å². The van der Waals surface area contributed by atoms with E-state index in [2.05, 4.69) is 10.6 Å². The highest BCUT2D eigenvalue weighted by atomic mass is 16.4. The van der Waals surface area contributed by atoms with Crippen molar-refractivity contribution in [3.05, 3.63) is 29.3 Å². The molecule has 1 aromatic rings. The van der Waals surface area contributed by atoms with Gasteiger partial charge < -0.3 is 15.7 Å². The molecular weight excluding hydrogens is 268 g/mol. The van der Waals surface area contributed by atoms with Crippen molar-refractivity contribution in [2.45, 2.75) is 32.6 Å². The Morgan fingerprint density at radius 1 is 1.43 bits per heavy atom. The van der Waals surface area contributed by atoms with Crippen LogP contribution in [0.1, 0.15) is 41.6 Å². The Morgan fingerprint density at radius 2 is 2.24 bits per heavy atom. The van der Waals surface area contributed by atoms with Crippen molar-refractivity contribution >= 4 is 17.6 Å². The standard InChI is InChI=1S/C16H22N2O3/c1-11-4-6-13(9-14(11)16(20)21)18-15(19)7-5-12-3-2-8-17-10-12/h4,6,9,12,17H,2-3,5,7-8,10H2,1H3,(H,18,19)(H,20,21). The first-order chi connectivity index (χ1) is 10.1. The van der Waals surface area contributed by atoms with Crippen LogP contribution in [0, 0.1) is 12.8 Å². The molecule has 0 radical (unpaired) electrons. The lowest BCUT2D eigenvalue weighted by Gasteiger charge is -2.22. The second kappa shape index (κ2) is 7.22. The number of piperidine rings is 1. The average molecular weight is 290 g/mol. The Labute approximate surface area is 124 Å². The summed E-state index contributed by atoms with van der Waals surface area (Å²) in [5.41, 5.74) is 1.46. The van der Waals surface area contributed by atoms with Crippen molar-refractivity contribution < 1.29 is 14.7 Å². The quantitative estimate of drug-likeness (QED) is 0.778. The summed E-state index contributed by atoms with van der Waals surface area (Å²) in [7, 11) is 0. The van der Waals surface area contributed by atoms with E-state index in [1.54, 1.807) is 19.1 Å². The van der Waals surface area contributed by atoms with Crippen molar-refractivity contribution in [2.75, 3.05) is 18.4 Å². The van der Waals surface area contributed by atoms with Gasteiger partial charge in [0.05, 0.1) is 5.56 Å². The highest BCUT2D eigenvalue weighted by Crippen LogP contribution is 2.18. The molecule has 0 aromatic heterocycles. The molecule has 21 heavy (non-hydrogen) atoms. The topological polar surface area (TPSA) is 78.4 Å². The van der Waals surface area contributed by atoms with Crippen molar-refractivity contribution in [3.8, 4) is 0 Å². The van der Waals surface area contributed by atoms with Gasteiger partial charge in [0.15, 0.2) is 0 Å². The lowest BCUT2D eigenvalue weighted by Crippen LogP contribution is -2.30. The zero-order chi connectivity index (χ0) is 15.2. The molecule has 1 fully saturated rings. The molecule has 0 saturated carbocycles. The van der Waals surface area contributed by atoms with Crippen LogP contribution in [0.15, 0.2) is 18.2 Å². The van der Waals surface area contributed by atoms with Crippen LogP contribution in [0.3, 0.4) is 0 Å². The molecule has 0 bridgehead atoms. The predicted molar refractivity (Wildman–Crippen MR) is 81.6 cm³/mol. The molecule has 5 nitrogen and oxygen atoms in total. The highest BCUT2D eigenvalue weighted by molar-refractivity contribution is 5.94. The molecule has 3 N–H and O–H groups in total. The molecule has 1 aliphatic rings. The van der Waals surface area contributed by atoms with Crippen LogP contribution in [0.25, 0.3) is 0 Å². The average Bonchev–Trinajstić information content (AvgIpc) is 2.48. The fourth-order valence-electron chi connectivity index (χ4n) is 2.66. The normalized spacial score (nSPS) is 18.2. The number of hydrogen-bond acceptors (Lipinski definition) is 3. The van der Waals surface area contributed by atoms with Gasteiger partial charge in [0.1, 0.15) is 0 Å². The molecule has 1 saturated heterocycles. The summed E-state index contributed by atoms with van der Waals surface area (Å²) in [6, 6.07) is 4.96. The monoisotopic (exact) mass is 290 g/mol. The minimum absolute atomic E-state index is 0.0548. The summed E-state index contributed by atoms with van der Waals surface area (Å²) in [6.07, 6.45) is 3.69. The van der Waals surface area contributed by atoms with Crippen LogP contribution in [-0.4, -0.2) is 30.1 Å². The van der Waals surface area contributed by atoms with E-state index < -0.39 is 5.97 Å². The largest absolute Gasteiger partial charge is 0.478 e. The smallest absolute Gasteiger partial charge is 0.336 e. The van der Waals surface area contributed by atoms with Crippen LogP contribution in [-0.2, 0) is 4.79 Å². The van der Waals surface area contributed by atoms with Gasteiger partial charge in [-0.15, -0.1) is 0 Å². The van der Waals surface area contributed by atoms with Gasteiger partial charge in [0, 0.05) is 12.1 Å². The maximum absolute atomic E-state index is 11.9. The predicted octanol–water partition coefficient (Wildman–Crippen LogP) is 2.41. The summed E-state index contributed by atoms with van der Waals surface area (Å²) in [4.78, 5) is 23.0. The van der Waals surface area contributed by atoms with Crippen LogP contribution in [0.4, 0.5) is 5.69 Å². The molecule has 1 atom stereocenters. The zero-order valence-electron chi connectivity index (χ0n) is 12.3. The number of carboxylic acid groups (broad SMARTS) is 1. The van der Waals surface area contributed by atoms with E-state index in [4.69, 9.17) is 5.11 Å². The van der Waals surface area contributed by atoms with E-state index in [0.717, 1.165) is 19.5 Å². The Bertz CT molecular complexity index is 522. The third-order valence-electron chi connectivity index (χ3n) is 3.93. The van der Waals surface area contributed by atoms with E-state index in [1.165, 1.54) is 18.9 Å². The van der Waals surface area contributed by atoms with Gasteiger partial charge >= 0.3 is 5.97 Å². The molecule has 1 amide bonds. The van der Waals surface area contributed by atoms with Crippen molar-refractivity contribution in [1.29, 1.82) is 0 Å². The van der Waals surface area contributed by atoms with Gasteiger partial charge in [-0.1, -0.05) is 6.07 Å². The molecule has 5 heteroatoms. The molecule has 0 aliphatic carbocycles. The number of carboxylic acids is 1. The number of anilines is 1. The lowest BCUT2D eigenvalue weighted by atomic mass is 9.94. The molecule has 1 aliphatic heterocycles. The molecule has 114 valence electrons. The van der Waals surface area contributed by atoms with Crippen LogP contribution < -0.4 is 10.6 Å². The first-order valence-electron chi connectivity index (χ1n) is 7.41. The molecular formula is C16H22N2O3. The van der Waals surface area contributed by atoms with Gasteiger partial charge in [-0.3, -0.25) is 4.79 Å². The second-order valence-electron chi connectivity index (χ2n) is 5.63. The minimum atomic E-state index is -0.975. The minimum Gasteiger partial charge on any atom is -0.478 e. The number of aromatic carboxylic acids is 1. The fraction of sp³-hybridized carbons (Fsp3) is 0.500. The first-order valence-corrected chi connectivity index (χ1v) is 7.41. The summed E-state index contributed by atoms with van der Waals surface area (Å²) >= 11 is 0. The Balaban J connectivity index is 1.87. The number of hydrogen-bond donors (Lipinski definition) is 3. The molecule has 0 spiro atoms. The third kappa shape index (κ3) is 4.56. The number of benzene rings is 1. The molecule has 1 unspecified atom stereocenters. The number of nitrogens with one attached hydrogen (secondary N) is 2. The number of aryl methyl sites for hydroxylation is 1. The number of carbonyl (C=O) groups is 2. The van der Waals surface area contributed by atoms with Gasteiger partial charge in [-0.25, -0.2) is 4.79 Å². The van der Waals surface area contributed by atoms with E-state index in [9.17, 15) is 9.59 Å².